The van der Waals surface area contributed by atoms with Crippen molar-refractivity contribution in [3.05, 3.63) is 47.5 Å². The molecule has 0 atom stereocenters. The summed E-state index contributed by atoms with van der Waals surface area (Å²) in [5.41, 5.74) is 0.977. The maximum atomic E-state index is 6.07. The maximum absolute atomic E-state index is 6.07. The van der Waals surface area contributed by atoms with Crippen molar-refractivity contribution in [2.45, 2.75) is 24.4 Å². The van der Waals surface area contributed by atoms with Gasteiger partial charge in [0, 0.05) is 36.6 Å². The van der Waals surface area contributed by atoms with Crippen LogP contribution in [-0.2, 0) is 19.3 Å². The zero-order chi connectivity index (χ0) is 15.5. The Labute approximate surface area is 138 Å². The number of hydrogen-bond donors (Lipinski definition) is 0. The molecule has 0 radical (unpaired) electrons. The summed E-state index contributed by atoms with van der Waals surface area (Å²) < 4.78 is 4.11. The molecule has 7 heteroatoms. The van der Waals surface area contributed by atoms with Crippen LogP contribution in [0.2, 0.25) is 5.02 Å². The molecule has 5 nitrogen and oxygen atoms in total. The van der Waals surface area contributed by atoms with Gasteiger partial charge in [-0.3, -0.25) is 0 Å². The van der Waals surface area contributed by atoms with Gasteiger partial charge in [-0.15, -0.1) is 10.2 Å². The summed E-state index contributed by atoms with van der Waals surface area (Å²) >= 11 is 7.71. The fourth-order valence-electron chi connectivity index (χ4n) is 2.19. The van der Waals surface area contributed by atoms with Crippen molar-refractivity contribution >= 4 is 23.4 Å². The van der Waals surface area contributed by atoms with Crippen LogP contribution < -0.4 is 0 Å². The molecule has 2 aromatic heterocycles. The van der Waals surface area contributed by atoms with Crippen molar-refractivity contribution in [1.82, 2.24) is 24.3 Å². The lowest BCUT2D eigenvalue weighted by Gasteiger charge is -2.07. The molecule has 0 aliphatic carbocycles. The highest BCUT2D eigenvalue weighted by molar-refractivity contribution is 7.98. The standard InChI is InChI=1S/C15H16ClN5S/c1-3-21-14(11-5-4-6-12(16)9-11)18-19-15(21)22-10-13-17-7-8-20(13)2/h4-9H,3,10H2,1-2H3. The van der Waals surface area contributed by atoms with Crippen LogP contribution in [0.15, 0.2) is 41.8 Å². The van der Waals surface area contributed by atoms with Crippen molar-refractivity contribution in [3.8, 4) is 11.4 Å². The van der Waals surface area contributed by atoms with Gasteiger partial charge in [0.05, 0.1) is 5.75 Å². The number of nitrogens with zero attached hydrogens (tertiary/aromatic N) is 5. The molecular weight excluding hydrogens is 318 g/mol. The van der Waals surface area contributed by atoms with Crippen LogP contribution in [0.3, 0.4) is 0 Å². The Morgan fingerprint density at radius 3 is 2.82 bits per heavy atom. The summed E-state index contributed by atoms with van der Waals surface area (Å²) in [5, 5.41) is 10.2. The lowest BCUT2D eigenvalue weighted by Crippen LogP contribution is -2.01. The first-order valence-electron chi connectivity index (χ1n) is 6.97. The molecule has 0 saturated heterocycles. The van der Waals surface area contributed by atoms with Gasteiger partial charge >= 0.3 is 0 Å². The fraction of sp³-hybridized carbons (Fsp3) is 0.267. The normalized spacial score (nSPS) is 11.0. The van der Waals surface area contributed by atoms with Gasteiger partial charge in [0.1, 0.15) is 5.82 Å². The molecule has 0 saturated carbocycles. The SMILES string of the molecule is CCn1c(SCc2nccn2C)nnc1-c1cccc(Cl)c1. The van der Waals surface area contributed by atoms with Gasteiger partial charge in [-0.05, 0) is 19.1 Å². The molecule has 3 rings (SSSR count). The fourth-order valence-corrected chi connectivity index (χ4v) is 3.38. The van der Waals surface area contributed by atoms with Crippen LogP contribution in [0, 0.1) is 0 Å². The van der Waals surface area contributed by atoms with E-state index in [1.165, 1.54) is 0 Å². The van der Waals surface area contributed by atoms with Crippen molar-refractivity contribution in [2.75, 3.05) is 0 Å². The Bertz CT molecular complexity index is 780. The number of thioether (sulfide) groups is 1. The molecule has 0 unspecified atom stereocenters. The summed E-state index contributed by atoms with van der Waals surface area (Å²) in [4.78, 5) is 4.33. The van der Waals surface area contributed by atoms with E-state index in [4.69, 9.17) is 11.6 Å². The Morgan fingerprint density at radius 2 is 2.14 bits per heavy atom. The van der Waals surface area contributed by atoms with Crippen LogP contribution in [0.25, 0.3) is 11.4 Å². The summed E-state index contributed by atoms with van der Waals surface area (Å²) in [6.07, 6.45) is 3.75. The van der Waals surface area contributed by atoms with E-state index < -0.39 is 0 Å². The summed E-state index contributed by atoms with van der Waals surface area (Å²) in [5.74, 6) is 2.62. The van der Waals surface area contributed by atoms with Gasteiger partial charge in [-0.1, -0.05) is 35.5 Å². The third-order valence-corrected chi connectivity index (χ3v) is 4.57. The molecule has 22 heavy (non-hydrogen) atoms. The topological polar surface area (TPSA) is 48.5 Å². The first kappa shape index (κ1) is 15.1. The van der Waals surface area contributed by atoms with Crippen LogP contribution >= 0.6 is 23.4 Å². The van der Waals surface area contributed by atoms with Gasteiger partial charge in [0.2, 0.25) is 0 Å². The average Bonchev–Trinajstić information content (AvgIpc) is 3.10. The van der Waals surface area contributed by atoms with Crippen LogP contribution in [0.5, 0.6) is 0 Å². The molecule has 0 N–H and O–H groups in total. The monoisotopic (exact) mass is 333 g/mol. The number of benzene rings is 1. The number of aromatic nitrogens is 5. The highest BCUT2D eigenvalue weighted by atomic mass is 35.5. The van der Waals surface area contributed by atoms with E-state index >= 15 is 0 Å². The molecule has 0 fully saturated rings. The number of hydrogen-bond acceptors (Lipinski definition) is 4. The smallest absolute Gasteiger partial charge is 0.191 e. The lowest BCUT2D eigenvalue weighted by atomic mass is 10.2. The van der Waals surface area contributed by atoms with Crippen LogP contribution in [-0.4, -0.2) is 24.3 Å². The van der Waals surface area contributed by atoms with Gasteiger partial charge < -0.3 is 9.13 Å². The van der Waals surface area contributed by atoms with E-state index in [1.54, 1.807) is 18.0 Å². The van der Waals surface area contributed by atoms with E-state index in [0.29, 0.717) is 5.02 Å². The van der Waals surface area contributed by atoms with Gasteiger partial charge in [0.25, 0.3) is 0 Å². The molecule has 0 aliphatic heterocycles. The lowest BCUT2D eigenvalue weighted by molar-refractivity contribution is 0.686. The van der Waals surface area contributed by atoms with Gasteiger partial charge in [-0.25, -0.2) is 4.98 Å². The van der Waals surface area contributed by atoms with Crippen molar-refractivity contribution in [3.63, 3.8) is 0 Å². The van der Waals surface area contributed by atoms with E-state index in [1.807, 2.05) is 42.1 Å². The van der Waals surface area contributed by atoms with Crippen LogP contribution in [0.4, 0.5) is 0 Å². The van der Waals surface area contributed by atoms with Crippen LogP contribution in [0.1, 0.15) is 12.7 Å². The maximum Gasteiger partial charge on any atom is 0.191 e. The predicted octanol–water partition coefficient (Wildman–Crippen LogP) is 3.64. The molecule has 3 aromatic rings. The molecule has 2 heterocycles. The van der Waals surface area contributed by atoms with E-state index in [0.717, 1.165) is 34.7 Å². The second-order valence-corrected chi connectivity index (χ2v) is 6.18. The first-order chi connectivity index (χ1) is 10.7. The minimum absolute atomic E-state index is 0.699. The largest absolute Gasteiger partial charge is 0.337 e. The van der Waals surface area contributed by atoms with Crippen molar-refractivity contribution in [1.29, 1.82) is 0 Å². The second-order valence-electron chi connectivity index (χ2n) is 4.80. The Kier molecular flexibility index (Phi) is 4.49. The van der Waals surface area contributed by atoms with E-state index in [-0.39, 0.29) is 0 Å². The Morgan fingerprint density at radius 1 is 1.27 bits per heavy atom. The summed E-state index contributed by atoms with van der Waals surface area (Å²) in [7, 11) is 1.99. The Hall–Kier alpha value is -1.79. The molecular formula is C15H16ClN5S. The second kappa shape index (κ2) is 6.54. The molecule has 0 aliphatic rings. The number of imidazole rings is 1. The van der Waals surface area contributed by atoms with Crippen molar-refractivity contribution in [2.24, 2.45) is 7.05 Å². The minimum atomic E-state index is 0.699. The molecule has 0 bridgehead atoms. The zero-order valence-corrected chi connectivity index (χ0v) is 14.0. The number of halogens is 1. The van der Waals surface area contributed by atoms with Crippen molar-refractivity contribution < 1.29 is 0 Å². The molecule has 1 aromatic carbocycles. The van der Waals surface area contributed by atoms with E-state index in [2.05, 4.69) is 26.7 Å². The third-order valence-electron chi connectivity index (χ3n) is 3.37. The predicted molar refractivity (Wildman–Crippen MR) is 88.9 cm³/mol. The first-order valence-corrected chi connectivity index (χ1v) is 8.33. The summed E-state index contributed by atoms with van der Waals surface area (Å²) in [6, 6.07) is 7.68. The third kappa shape index (κ3) is 3.03. The highest BCUT2D eigenvalue weighted by Crippen LogP contribution is 2.27. The quantitative estimate of drug-likeness (QED) is 0.669. The minimum Gasteiger partial charge on any atom is -0.337 e. The Balaban J connectivity index is 1.86. The zero-order valence-electron chi connectivity index (χ0n) is 12.4. The number of aryl methyl sites for hydroxylation is 1. The van der Waals surface area contributed by atoms with Gasteiger partial charge in [-0.2, -0.15) is 0 Å². The molecule has 0 amide bonds. The molecule has 114 valence electrons. The summed E-state index contributed by atoms with van der Waals surface area (Å²) in [6.45, 7) is 2.89. The van der Waals surface area contributed by atoms with Gasteiger partial charge in [0.15, 0.2) is 11.0 Å². The molecule has 0 spiro atoms. The average molecular weight is 334 g/mol. The van der Waals surface area contributed by atoms with E-state index in [9.17, 15) is 0 Å². The highest BCUT2D eigenvalue weighted by Gasteiger charge is 2.14. The number of rotatable bonds is 5.